The second-order valence-corrected chi connectivity index (χ2v) is 4.11. The summed E-state index contributed by atoms with van der Waals surface area (Å²) in [7, 11) is 0. The van der Waals surface area contributed by atoms with Gasteiger partial charge >= 0.3 is 0 Å². The highest BCUT2D eigenvalue weighted by molar-refractivity contribution is 5.02. The number of hydrogen-bond donors (Lipinski definition) is 0. The zero-order chi connectivity index (χ0) is 9.83. The molecular formula is C9H17N3. The SMILES string of the molecule is CCC(C)(C#N)/N=N/C(C)(C)C. The Morgan fingerprint density at radius 2 is 1.67 bits per heavy atom. The van der Waals surface area contributed by atoms with E-state index in [1.54, 1.807) is 6.92 Å². The van der Waals surface area contributed by atoms with Gasteiger partial charge in [0.2, 0.25) is 0 Å². The molecule has 0 saturated carbocycles. The molecule has 0 aliphatic rings. The predicted molar refractivity (Wildman–Crippen MR) is 48.9 cm³/mol. The van der Waals surface area contributed by atoms with Crippen molar-refractivity contribution < 1.29 is 0 Å². The fourth-order valence-electron chi connectivity index (χ4n) is 0.432. The highest BCUT2D eigenvalue weighted by Crippen LogP contribution is 2.17. The van der Waals surface area contributed by atoms with E-state index in [2.05, 4.69) is 16.3 Å². The molecule has 3 nitrogen and oxygen atoms in total. The first-order valence-electron chi connectivity index (χ1n) is 4.18. The summed E-state index contributed by atoms with van der Waals surface area (Å²) in [5.41, 5.74) is -0.833. The summed E-state index contributed by atoms with van der Waals surface area (Å²) in [4.78, 5) is 0. The van der Waals surface area contributed by atoms with Gasteiger partial charge in [-0.1, -0.05) is 6.92 Å². The van der Waals surface area contributed by atoms with Crippen molar-refractivity contribution in [2.45, 2.75) is 52.1 Å². The Kier molecular flexibility index (Phi) is 3.38. The van der Waals surface area contributed by atoms with Gasteiger partial charge in [-0.3, -0.25) is 0 Å². The van der Waals surface area contributed by atoms with Crippen LogP contribution in [-0.4, -0.2) is 11.1 Å². The number of azo groups is 1. The van der Waals surface area contributed by atoms with Crippen molar-refractivity contribution in [3.8, 4) is 6.07 Å². The second-order valence-electron chi connectivity index (χ2n) is 4.11. The van der Waals surface area contributed by atoms with E-state index in [-0.39, 0.29) is 5.54 Å². The monoisotopic (exact) mass is 167 g/mol. The highest BCUT2D eigenvalue weighted by Gasteiger charge is 2.21. The Bertz CT molecular complexity index is 207. The van der Waals surface area contributed by atoms with Gasteiger partial charge in [0, 0.05) is 0 Å². The molecule has 0 aromatic heterocycles. The van der Waals surface area contributed by atoms with Crippen LogP contribution in [0.1, 0.15) is 41.0 Å². The van der Waals surface area contributed by atoms with Crippen LogP contribution in [0.2, 0.25) is 0 Å². The van der Waals surface area contributed by atoms with Crippen LogP contribution in [0.3, 0.4) is 0 Å². The lowest BCUT2D eigenvalue weighted by Crippen LogP contribution is -2.19. The molecule has 0 aliphatic heterocycles. The van der Waals surface area contributed by atoms with Gasteiger partial charge in [-0.25, -0.2) is 0 Å². The first-order chi connectivity index (χ1) is 5.33. The van der Waals surface area contributed by atoms with Crippen LogP contribution in [0.4, 0.5) is 0 Å². The molecule has 0 aliphatic carbocycles. The van der Waals surface area contributed by atoms with Crippen LogP contribution in [-0.2, 0) is 0 Å². The van der Waals surface area contributed by atoms with Crippen molar-refractivity contribution >= 4 is 0 Å². The topological polar surface area (TPSA) is 48.5 Å². The fourth-order valence-corrected chi connectivity index (χ4v) is 0.432. The minimum atomic E-state index is -0.646. The largest absolute Gasteiger partial charge is 0.196 e. The lowest BCUT2D eigenvalue weighted by atomic mass is 10.0. The van der Waals surface area contributed by atoms with Crippen LogP contribution >= 0.6 is 0 Å². The van der Waals surface area contributed by atoms with Crippen molar-refractivity contribution in [2.75, 3.05) is 0 Å². The molecule has 1 unspecified atom stereocenters. The second kappa shape index (κ2) is 3.66. The van der Waals surface area contributed by atoms with Crippen molar-refractivity contribution in [3.63, 3.8) is 0 Å². The summed E-state index contributed by atoms with van der Waals surface area (Å²) >= 11 is 0. The predicted octanol–water partition coefficient (Wildman–Crippen LogP) is 2.93. The molecule has 0 fully saturated rings. The van der Waals surface area contributed by atoms with Gasteiger partial charge in [0.25, 0.3) is 0 Å². The molecule has 0 N–H and O–H groups in total. The lowest BCUT2D eigenvalue weighted by molar-refractivity contribution is 0.469. The van der Waals surface area contributed by atoms with Crippen LogP contribution in [0.25, 0.3) is 0 Å². The van der Waals surface area contributed by atoms with E-state index < -0.39 is 5.54 Å². The van der Waals surface area contributed by atoms with E-state index in [1.165, 1.54) is 0 Å². The van der Waals surface area contributed by atoms with Crippen molar-refractivity contribution in [1.29, 1.82) is 5.26 Å². The molecule has 12 heavy (non-hydrogen) atoms. The first-order valence-corrected chi connectivity index (χ1v) is 4.18. The third-order valence-electron chi connectivity index (χ3n) is 1.50. The van der Waals surface area contributed by atoms with Crippen LogP contribution in [0.15, 0.2) is 10.2 Å². The number of hydrogen-bond acceptors (Lipinski definition) is 3. The lowest BCUT2D eigenvalue weighted by Gasteiger charge is -2.15. The number of nitriles is 1. The Morgan fingerprint density at radius 1 is 1.17 bits per heavy atom. The molecule has 0 bridgehead atoms. The Balaban J connectivity index is 4.44. The van der Waals surface area contributed by atoms with Crippen LogP contribution in [0.5, 0.6) is 0 Å². The van der Waals surface area contributed by atoms with E-state index in [9.17, 15) is 0 Å². The minimum Gasteiger partial charge on any atom is -0.196 e. The maximum atomic E-state index is 8.78. The summed E-state index contributed by atoms with van der Waals surface area (Å²) in [6.07, 6.45) is 0.698. The maximum Gasteiger partial charge on any atom is 0.164 e. The summed E-state index contributed by atoms with van der Waals surface area (Å²) in [6.45, 7) is 9.62. The molecule has 0 aromatic carbocycles. The molecular weight excluding hydrogens is 150 g/mol. The van der Waals surface area contributed by atoms with E-state index in [1.807, 2.05) is 27.7 Å². The van der Waals surface area contributed by atoms with Crippen molar-refractivity contribution in [2.24, 2.45) is 10.2 Å². The molecule has 68 valence electrons. The Morgan fingerprint density at radius 3 is 1.92 bits per heavy atom. The van der Waals surface area contributed by atoms with Crippen molar-refractivity contribution in [3.05, 3.63) is 0 Å². The third-order valence-corrected chi connectivity index (χ3v) is 1.50. The van der Waals surface area contributed by atoms with Crippen LogP contribution < -0.4 is 0 Å². The molecule has 0 rings (SSSR count). The maximum absolute atomic E-state index is 8.78. The van der Waals surface area contributed by atoms with E-state index in [0.717, 1.165) is 0 Å². The standard InChI is InChI=1S/C9H17N3/c1-6-9(5,7-10)12-11-8(2,3)4/h6H2,1-5H3/b12-11+. The molecule has 0 spiro atoms. The smallest absolute Gasteiger partial charge is 0.164 e. The number of rotatable bonds is 2. The third kappa shape index (κ3) is 4.07. The molecule has 0 aromatic rings. The van der Waals surface area contributed by atoms with Gasteiger partial charge < -0.3 is 0 Å². The minimum absolute atomic E-state index is 0.187. The quantitative estimate of drug-likeness (QED) is 0.583. The highest BCUT2D eigenvalue weighted by atomic mass is 15.2. The van der Waals surface area contributed by atoms with Gasteiger partial charge in [-0.05, 0) is 34.1 Å². The summed E-state index contributed by atoms with van der Waals surface area (Å²) in [6, 6.07) is 2.14. The molecule has 0 saturated heterocycles. The molecule has 0 heterocycles. The molecule has 0 amide bonds. The van der Waals surface area contributed by atoms with Gasteiger partial charge in [0.15, 0.2) is 5.54 Å². The fraction of sp³-hybridized carbons (Fsp3) is 0.889. The van der Waals surface area contributed by atoms with Gasteiger partial charge in [-0.15, -0.1) is 0 Å². The van der Waals surface area contributed by atoms with Gasteiger partial charge in [-0.2, -0.15) is 15.5 Å². The molecule has 1 atom stereocenters. The normalized spacial score (nSPS) is 17.3. The Hall–Kier alpha value is -0.910. The van der Waals surface area contributed by atoms with Crippen molar-refractivity contribution in [1.82, 2.24) is 0 Å². The zero-order valence-electron chi connectivity index (χ0n) is 8.55. The number of nitrogens with zero attached hydrogens (tertiary/aromatic N) is 3. The van der Waals surface area contributed by atoms with Crippen LogP contribution in [0, 0.1) is 11.3 Å². The van der Waals surface area contributed by atoms with Gasteiger partial charge in [0.05, 0.1) is 11.6 Å². The molecule has 3 heteroatoms. The summed E-state index contributed by atoms with van der Waals surface area (Å²) in [5, 5.41) is 16.9. The Labute approximate surface area is 74.5 Å². The average molecular weight is 167 g/mol. The zero-order valence-corrected chi connectivity index (χ0v) is 8.55. The summed E-state index contributed by atoms with van der Waals surface area (Å²) in [5.74, 6) is 0. The molecule has 0 radical (unpaired) electrons. The van der Waals surface area contributed by atoms with Gasteiger partial charge in [0.1, 0.15) is 0 Å². The van der Waals surface area contributed by atoms with E-state index >= 15 is 0 Å². The first kappa shape index (κ1) is 11.1. The van der Waals surface area contributed by atoms with E-state index in [4.69, 9.17) is 5.26 Å². The average Bonchev–Trinajstić information content (AvgIpc) is 1.99. The summed E-state index contributed by atoms with van der Waals surface area (Å²) < 4.78 is 0. The van der Waals surface area contributed by atoms with E-state index in [0.29, 0.717) is 6.42 Å².